The van der Waals surface area contributed by atoms with E-state index >= 15 is 0 Å². The predicted octanol–water partition coefficient (Wildman–Crippen LogP) is 1.34. The first-order valence-corrected chi connectivity index (χ1v) is 4.53. The zero-order chi connectivity index (χ0) is 11.3. The van der Waals surface area contributed by atoms with Gasteiger partial charge in [0.1, 0.15) is 6.10 Å². The lowest BCUT2D eigenvalue weighted by molar-refractivity contribution is 0.0528. The van der Waals surface area contributed by atoms with E-state index in [0.717, 1.165) is 0 Å². The fraction of sp³-hybridized carbons (Fsp3) is 0.200. The minimum atomic E-state index is -1.45. The second-order valence-electron chi connectivity index (χ2n) is 2.82. The molecule has 0 heterocycles. The highest BCUT2D eigenvalue weighted by Crippen LogP contribution is 2.21. The molecule has 2 unspecified atom stereocenters. The van der Waals surface area contributed by atoms with Crippen molar-refractivity contribution in [1.29, 1.82) is 5.26 Å². The number of benzene rings is 1. The van der Waals surface area contributed by atoms with Crippen molar-refractivity contribution in [3.8, 4) is 6.07 Å². The summed E-state index contributed by atoms with van der Waals surface area (Å²) in [5.74, 6) is 0. The largest absolute Gasteiger partial charge is 0.385 e. The van der Waals surface area contributed by atoms with Crippen LogP contribution in [0.15, 0.2) is 29.3 Å². The number of thiocarbonyl (C=S) groups is 1. The summed E-state index contributed by atoms with van der Waals surface area (Å²) in [6.07, 6.45) is -2.69. The van der Waals surface area contributed by atoms with Crippen LogP contribution in [0.4, 0.5) is 5.69 Å². The molecule has 0 amide bonds. The second kappa shape index (κ2) is 5.35. The molecule has 1 aromatic carbocycles. The van der Waals surface area contributed by atoms with Gasteiger partial charge in [0.05, 0.1) is 16.9 Å². The van der Waals surface area contributed by atoms with Gasteiger partial charge in [0.15, 0.2) is 6.10 Å². The molecular formula is C10H8N2O2S. The summed E-state index contributed by atoms with van der Waals surface area (Å²) in [6, 6.07) is 8.00. The van der Waals surface area contributed by atoms with Crippen molar-refractivity contribution in [2.24, 2.45) is 4.99 Å². The van der Waals surface area contributed by atoms with Crippen molar-refractivity contribution < 1.29 is 10.2 Å². The molecule has 0 spiro atoms. The van der Waals surface area contributed by atoms with Gasteiger partial charge in [-0.3, -0.25) is 0 Å². The lowest BCUT2D eigenvalue weighted by Gasteiger charge is -2.11. The normalized spacial score (nSPS) is 13.4. The number of hydrogen-bond acceptors (Lipinski definition) is 5. The molecule has 0 aliphatic carbocycles. The first-order chi connectivity index (χ1) is 7.19. The van der Waals surface area contributed by atoms with Gasteiger partial charge in [-0.2, -0.15) is 10.3 Å². The molecule has 0 radical (unpaired) electrons. The van der Waals surface area contributed by atoms with Crippen LogP contribution in [-0.2, 0) is 0 Å². The van der Waals surface area contributed by atoms with E-state index in [4.69, 9.17) is 10.4 Å². The average molecular weight is 220 g/mol. The maximum absolute atomic E-state index is 9.52. The second-order valence-corrected chi connectivity index (χ2v) is 3.00. The van der Waals surface area contributed by atoms with Gasteiger partial charge in [-0.15, -0.1) is 0 Å². The number of aliphatic hydroxyl groups excluding tert-OH is 2. The van der Waals surface area contributed by atoms with E-state index < -0.39 is 12.2 Å². The fourth-order valence-corrected chi connectivity index (χ4v) is 1.19. The van der Waals surface area contributed by atoms with Gasteiger partial charge in [0.25, 0.3) is 0 Å². The van der Waals surface area contributed by atoms with Crippen LogP contribution in [0.3, 0.4) is 0 Å². The molecule has 0 aliphatic rings. The molecule has 0 saturated carbocycles. The Hall–Kier alpha value is -1.57. The van der Waals surface area contributed by atoms with Gasteiger partial charge in [-0.1, -0.05) is 12.1 Å². The minimum Gasteiger partial charge on any atom is -0.385 e. The Morgan fingerprint density at radius 3 is 2.73 bits per heavy atom. The zero-order valence-corrected chi connectivity index (χ0v) is 8.48. The summed E-state index contributed by atoms with van der Waals surface area (Å²) in [5, 5.41) is 29.3. The number of isothiocyanates is 1. The SMILES string of the molecule is N#CC(O)C(O)c1cccc(N=C=S)c1. The smallest absolute Gasteiger partial charge is 0.170 e. The van der Waals surface area contributed by atoms with Gasteiger partial charge in [0.2, 0.25) is 0 Å². The average Bonchev–Trinajstić information content (AvgIpc) is 2.28. The number of nitrogens with zero attached hydrogens (tertiary/aromatic N) is 2. The molecular weight excluding hydrogens is 212 g/mol. The van der Waals surface area contributed by atoms with E-state index in [9.17, 15) is 5.11 Å². The fourth-order valence-electron chi connectivity index (χ4n) is 1.08. The number of nitriles is 1. The van der Waals surface area contributed by atoms with Gasteiger partial charge >= 0.3 is 0 Å². The van der Waals surface area contributed by atoms with E-state index in [0.29, 0.717) is 11.3 Å². The maximum atomic E-state index is 9.52. The van der Waals surface area contributed by atoms with Crippen molar-refractivity contribution in [1.82, 2.24) is 0 Å². The summed E-state index contributed by atoms with van der Waals surface area (Å²) >= 11 is 4.44. The van der Waals surface area contributed by atoms with Crippen LogP contribution >= 0.6 is 12.2 Å². The Labute approximate surface area is 92.1 Å². The van der Waals surface area contributed by atoms with Crippen molar-refractivity contribution in [3.63, 3.8) is 0 Å². The van der Waals surface area contributed by atoms with E-state index in [-0.39, 0.29) is 0 Å². The van der Waals surface area contributed by atoms with Crippen molar-refractivity contribution in [2.45, 2.75) is 12.2 Å². The highest BCUT2D eigenvalue weighted by molar-refractivity contribution is 7.78. The minimum absolute atomic E-state index is 0.413. The van der Waals surface area contributed by atoms with Crippen LogP contribution in [0.1, 0.15) is 11.7 Å². The molecule has 1 rings (SSSR count). The summed E-state index contributed by atoms with van der Waals surface area (Å²) in [6.45, 7) is 0. The van der Waals surface area contributed by atoms with Gasteiger partial charge in [-0.05, 0) is 29.9 Å². The maximum Gasteiger partial charge on any atom is 0.170 e. The van der Waals surface area contributed by atoms with E-state index in [1.54, 1.807) is 24.3 Å². The molecule has 0 saturated heterocycles. The monoisotopic (exact) mass is 220 g/mol. The van der Waals surface area contributed by atoms with Gasteiger partial charge in [0, 0.05) is 0 Å². The highest BCUT2D eigenvalue weighted by atomic mass is 32.1. The van der Waals surface area contributed by atoms with Crippen LogP contribution in [0.5, 0.6) is 0 Å². The number of aliphatic imine (C=N–C) groups is 1. The molecule has 0 fully saturated rings. The molecule has 0 aromatic heterocycles. The Kier molecular flexibility index (Phi) is 4.10. The number of hydrogen-bond donors (Lipinski definition) is 2. The van der Waals surface area contributed by atoms with Crippen LogP contribution in [-0.4, -0.2) is 21.5 Å². The molecule has 0 aliphatic heterocycles. The first kappa shape index (κ1) is 11.5. The third-order valence-electron chi connectivity index (χ3n) is 1.82. The van der Waals surface area contributed by atoms with Crippen LogP contribution in [0.2, 0.25) is 0 Å². The number of rotatable bonds is 3. The summed E-state index contributed by atoms with van der Waals surface area (Å²) in [7, 11) is 0. The first-order valence-electron chi connectivity index (χ1n) is 4.12. The molecule has 0 bridgehead atoms. The van der Waals surface area contributed by atoms with Gasteiger partial charge < -0.3 is 10.2 Å². The Bertz CT molecular complexity index is 435. The van der Waals surface area contributed by atoms with Crippen LogP contribution in [0, 0.1) is 11.3 Å². The molecule has 76 valence electrons. The Morgan fingerprint density at radius 1 is 1.40 bits per heavy atom. The van der Waals surface area contributed by atoms with Crippen molar-refractivity contribution in [3.05, 3.63) is 29.8 Å². The Morgan fingerprint density at radius 2 is 2.13 bits per heavy atom. The molecule has 2 N–H and O–H groups in total. The lowest BCUT2D eigenvalue weighted by Crippen LogP contribution is -2.15. The zero-order valence-electron chi connectivity index (χ0n) is 7.66. The molecule has 4 nitrogen and oxygen atoms in total. The number of aliphatic hydroxyl groups is 2. The van der Waals surface area contributed by atoms with Gasteiger partial charge in [-0.25, -0.2) is 0 Å². The molecule has 5 heteroatoms. The Balaban J connectivity index is 3.00. The summed E-state index contributed by atoms with van der Waals surface area (Å²) in [4.78, 5) is 3.72. The summed E-state index contributed by atoms with van der Waals surface area (Å²) < 4.78 is 0. The molecule has 15 heavy (non-hydrogen) atoms. The third kappa shape index (κ3) is 2.94. The van der Waals surface area contributed by atoms with Crippen LogP contribution in [0.25, 0.3) is 0 Å². The quantitative estimate of drug-likeness (QED) is 0.458. The lowest BCUT2D eigenvalue weighted by atomic mass is 10.0. The van der Waals surface area contributed by atoms with E-state index in [2.05, 4.69) is 22.4 Å². The highest BCUT2D eigenvalue weighted by Gasteiger charge is 2.17. The summed E-state index contributed by atoms with van der Waals surface area (Å²) in [5.41, 5.74) is 0.933. The van der Waals surface area contributed by atoms with E-state index in [1.165, 1.54) is 6.07 Å². The predicted molar refractivity (Wildman–Crippen MR) is 57.7 cm³/mol. The van der Waals surface area contributed by atoms with E-state index in [1.807, 2.05) is 0 Å². The third-order valence-corrected chi connectivity index (χ3v) is 1.91. The van der Waals surface area contributed by atoms with Crippen molar-refractivity contribution in [2.75, 3.05) is 0 Å². The molecule has 1 aromatic rings. The standard InChI is InChI=1S/C10H8N2O2S/c11-5-9(13)10(14)7-2-1-3-8(4-7)12-6-15/h1-4,9-10,13-14H. The molecule has 2 atom stereocenters. The van der Waals surface area contributed by atoms with Crippen LogP contribution < -0.4 is 0 Å². The topological polar surface area (TPSA) is 76.6 Å². The van der Waals surface area contributed by atoms with Crippen molar-refractivity contribution >= 4 is 23.1 Å².